The predicted molar refractivity (Wildman–Crippen MR) is 109 cm³/mol. The summed E-state index contributed by atoms with van der Waals surface area (Å²) < 4.78 is 12.3. The van der Waals surface area contributed by atoms with Gasteiger partial charge in [-0.1, -0.05) is 60.7 Å². The average molecular weight is 368 g/mol. The number of ether oxygens (including phenoxy) is 2. The Balaban J connectivity index is 1.65. The molecule has 138 valence electrons. The third-order valence-electron chi connectivity index (χ3n) is 4.59. The molecule has 0 aliphatic carbocycles. The summed E-state index contributed by atoms with van der Waals surface area (Å²) in [5, 5.41) is 10.0. The first-order valence-corrected chi connectivity index (χ1v) is 9.18. The summed E-state index contributed by atoms with van der Waals surface area (Å²) in [5.74, 6) is 1.35. The van der Waals surface area contributed by atoms with E-state index in [0.717, 1.165) is 27.6 Å². The zero-order chi connectivity index (χ0) is 19.2. The quantitative estimate of drug-likeness (QED) is 0.476. The topological polar surface area (TPSA) is 58.0 Å². The van der Waals surface area contributed by atoms with Gasteiger partial charge in [-0.25, -0.2) is 0 Å². The van der Waals surface area contributed by atoms with Crippen molar-refractivity contribution in [3.63, 3.8) is 0 Å². The van der Waals surface area contributed by atoms with Crippen LogP contribution in [-0.4, -0.2) is 4.98 Å². The summed E-state index contributed by atoms with van der Waals surface area (Å²) in [7, 11) is 0. The van der Waals surface area contributed by atoms with Crippen molar-refractivity contribution in [1.82, 2.24) is 4.98 Å². The van der Waals surface area contributed by atoms with E-state index < -0.39 is 0 Å². The van der Waals surface area contributed by atoms with Gasteiger partial charge in [0.05, 0.1) is 18.0 Å². The number of rotatable bonds is 7. The molecule has 0 spiro atoms. The van der Waals surface area contributed by atoms with Crippen LogP contribution in [0.3, 0.4) is 0 Å². The van der Waals surface area contributed by atoms with E-state index in [1.54, 1.807) is 0 Å². The Labute approximate surface area is 164 Å². The van der Waals surface area contributed by atoms with Crippen molar-refractivity contribution >= 4 is 10.9 Å². The fraction of sp³-hybridized carbons (Fsp3) is 0.125. The van der Waals surface area contributed by atoms with Gasteiger partial charge in [0, 0.05) is 11.6 Å². The van der Waals surface area contributed by atoms with Gasteiger partial charge < -0.3 is 14.5 Å². The Morgan fingerprint density at radius 3 is 2.07 bits per heavy atom. The highest BCUT2D eigenvalue weighted by molar-refractivity contribution is 5.90. The van der Waals surface area contributed by atoms with E-state index in [0.29, 0.717) is 31.1 Å². The summed E-state index contributed by atoms with van der Waals surface area (Å²) in [5.41, 5.74) is 3.98. The van der Waals surface area contributed by atoms with Crippen molar-refractivity contribution in [3.8, 4) is 17.6 Å². The number of H-pyrrole nitrogens is 1. The van der Waals surface area contributed by atoms with Crippen LogP contribution in [0.5, 0.6) is 11.5 Å². The summed E-state index contributed by atoms with van der Waals surface area (Å²) in [4.78, 5) is 3.26. The zero-order valence-electron chi connectivity index (χ0n) is 15.4. The van der Waals surface area contributed by atoms with Gasteiger partial charge in [-0.2, -0.15) is 5.26 Å². The molecule has 4 heteroatoms. The Kier molecular flexibility index (Phi) is 5.26. The molecule has 0 unspecified atom stereocenters. The first kappa shape index (κ1) is 17.7. The molecule has 0 amide bonds. The minimum absolute atomic E-state index is 0.350. The summed E-state index contributed by atoms with van der Waals surface area (Å²) in [6.45, 7) is 0.897. The van der Waals surface area contributed by atoms with Crippen LogP contribution in [0, 0.1) is 11.3 Å². The maximum absolute atomic E-state index is 9.06. The minimum atomic E-state index is 0.350. The van der Waals surface area contributed by atoms with E-state index in [9.17, 15) is 0 Å². The van der Waals surface area contributed by atoms with Crippen molar-refractivity contribution in [2.75, 3.05) is 0 Å². The van der Waals surface area contributed by atoms with Crippen molar-refractivity contribution in [1.29, 1.82) is 5.26 Å². The summed E-state index contributed by atoms with van der Waals surface area (Å²) >= 11 is 0. The van der Waals surface area contributed by atoms with Gasteiger partial charge in [-0.05, 0) is 28.8 Å². The first-order chi connectivity index (χ1) is 13.8. The second-order valence-corrected chi connectivity index (χ2v) is 6.51. The molecule has 4 nitrogen and oxygen atoms in total. The lowest BCUT2D eigenvalue weighted by Crippen LogP contribution is -2.01. The van der Waals surface area contributed by atoms with Gasteiger partial charge in [0.25, 0.3) is 0 Å². The van der Waals surface area contributed by atoms with Crippen LogP contribution < -0.4 is 9.47 Å². The number of benzene rings is 3. The molecule has 0 radical (unpaired) electrons. The number of nitrogens with one attached hydrogen (secondary N) is 1. The predicted octanol–water partition coefficient (Wildman–Crippen LogP) is 5.39. The fourth-order valence-corrected chi connectivity index (χ4v) is 3.16. The molecular formula is C24H20N2O2. The van der Waals surface area contributed by atoms with Crippen molar-refractivity contribution in [2.45, 2.75) is 19.6 Å². The molecule has 0 saturated heterocycles. The van der Waals surface area contributed by atoms with Crippen LogP contribution in [0.25, 0.3) is 10.9 Å². The van der Waals surface area contributed by atoms with Gasteiger partial charge in [-0.3, -0.25) is 0 Å². The summed E-state index contributed by atoms with van der Waals surface area (Å²) in [6, 6.07) is 26.2. The number of hydrogen-bond donors (Lipinski definition) is 1. The highest BCUT2D eigenvalue weighted by Crippen LogP contribution is 2.37. The average Bonchev–Trinajstić information content (AvgIpc) is 3.16. The van der Waals surface area contributed by atoms with Gasteiger partial charge in [0.2, 0.25) is 0 Å². The van der Waals surface area contributed by atoms with E-state index in [-0.39, 0.29) is 0 Å². The smallest absolute Gasteiger partial charge is 0.185 e. The molecule has 4 rings (SSSR count). The largest absolute Gasteiger partial charge is 0.485 e. The number of fused-ring (bicyclic) bond motifs is 1. The van der Waals surface area contributed by atoms with Gasteiger partial charge >= 0.3 is 0 Å². The van der Waals surface area contributed by atoms with Crippen LogP contribution in [0.15, 0.2) is 79.0 Å². The highest BCUT2D eigenvalue weighted by Gasteiger charge is 2.15. The maximum atomic E-state index is 9.06. The number of aromatic amines is 1. The fourth-order valence-electron chi connectivity index (χ4n) is 3.16. The lowest BCUT2D eigenvalue weighted by atomic mass is 10.1. The lowest BCUT2D eigenvalue weighted by Gasteiger charge is -2.14. The van der Waals surface area contributed by atoms with Crippen LogP contribution >= 0.6 is 0 Å². The van der Waals surface area contributed by atoms with Gasteiger partial charge in [0.1, 0.15) is 13.2 Å². The normalized spacial score (nSPS) is 10.5. The molecule has 1 heterocycles. The molecule has 0 aliphatic rings. The molecule has 1 N–H and O–H groups in total. The maximum Gasteiger partial charge on any atom is 0.185 e. The van der Waals surface area contributed by atoms with Gasteiger partial charge in [0.15, 0.2) is 11.5 Å². The van der Waals surface area contributed by atoms with E-state index in [2.05, 4.69) is 11.1 Å². The summed E-state index contributed by atoms with van der Waals surface area (Å²) in [6.07, 6.45) is 2.21. The second kappa shape index (κ2) is 8.32. The lowest BCUT2D eigenvalue weighted by molar-refractivity contribution is 0.258. The van der Waals surface area contributed by atoms with E-state index >= 15 is 0 Å². The molecule has 0 aliphatic heterocycles. The van der Waals surface area contributed by atoms with Crippen LogP contribution in [-0.2, 0) is 19.6 Å². The molecule has 28 heavy (non-hydrogen) atoms. The van der Waals surface area contributed by atoms with Gasteiger partial charge in [-0.15, -0.1) is 0 Å². The van der Waals surface area contributed by atoms with E-state index in [4.69, 9.17) is 14.7 Å². The van der Waals surface area contributed by atoms with Crippen molar-refractivity contribution in [3.05, 3.63) is 95.7 Å². The second-order valence-electron chi connectivity index (χ2n) is 6.51. The molecule has 0 saturated carbocycles. The Morgan fingerprint density at radius 1 is 0.786 bits per heavy atom. The first-order valence-electron chi connectivity index (χ1n) is 9.18. The van der Waals surface area contributed by atoms with E-state index in [1.807, 2.05) is 79.0 Å². The highest BCUT2D eigenvalue weighted by atomic mass is 16.5. The zero-order valence-corrected chi connectivity index (χ0v) is 15.4. The molecule has 3 aromatic carbocycles. The Hall–Kier alpha value is -3.71. The van der Waals surface area contributed by atoms with Crippen LogP contribution in [0.4, 0.5) is 0 Å². The standard InChI is InChI=1S/C24H20N2O2/c25-14-13-20-15-26-23-21(20)11-12-22(27-16-18-7-3-1-4-8-18)24(23)28-17-19-9-5-2-6-10-19/h1-12,15,26H,13,16-17H2. The molecular weight excluding hydrogens is 348 g/mol. The number of nitriles is 1. The van der Waals surface area contributed by atoms with Crippen LogP contribution in [0.2, 0.25) is 0 Å². The molecule has 0 atom stereocenters. The minimum Gasteiger partial charge on any atom is -0.485 e. The molecule has 0 bridgehead atoms. The monoisotopic (exact) mass is 368 g/mol. The Morgan fingerprint density at radius 2 is 1.43 bits per heavy atom. The van der Waals surface area contributed by atoms with E-state index in [1.165, 1.54) is 0 Å². The molecule has 0 fully saturated rings. The SMILES string of the molecule is N#CCc1c[nH]c2c(OCc3ccccc3)c(OCc3ccccc3)ccc12. The Bertz CT molecular complexity index is 1100. The van der Waals surface area contributed by atoms with Crippen molar-refractivity contribution in [2.24, 2.45) is 0 Å². The molecule has 1 aromatic heterocycles. The number of nitrogens with zero attached hydrogens (tertiary/aromatic N) is 1. The van der Waals surface area contributed by atoms with Crippen LogP contribution in [0.1, 0.15) is 16.7 Å². The number of hydrogen-bond acceptors (Lipinski definition) is 3. The third kappa shape index (κ3) is 3.84. The molecule has 4 aromatic rings. The van der Waals surface area contributed by atoms with Crippen molar-refractivity contribution < 1.29 is 9.47 Å². The number of aromatic nitrogens is 1. The third-order valence-corrected chi connectivity index (χ3v) is 4.59.